The third kappa shape index (κ3) is 5.33. The van der Waals surface area contributed by atoms with E-state index in [1.807, 2.05) is 49.4 Å². The number of anilines is 2. The number of nitrogens with zero attached hydrogens (tertiary/aromatic N) is 2. The number of carbonyl (C=O) groups excluding carboxylic acids is 3. The van der Waals surface area contributed by atoms with E-state index in [1.165, 1.54) is 4.90 Å². The van der Waals surface area contributed by atoms with Crippen molar-refractivity contribution in [2.75, 3.05) is 31.0 Å². The maximum Gasteiger partial charge on any atom is 0.332 e. The van der Waals surface area contributed by atoms with E-state index < -0.39 is 18.0 Å². The Morgan fingerprint density at radius 3 is 2.28 bits per heavy atom. The van der Waals surface area contributed by atoms with Gasteiger partial charge in [-0.2, -0.15) is 0 Å². The lowest BCUT2D eigenvalue weighted by Crippen LogP contribution is -2.39. The second-order valence-electron chi connectivity index (χ2n) is 8.56. The average Bonchev–Trinajstić information content (AvgIpc) is 3.12. The lowest BCUT2D eigenvalue weighted by molar-refractivity contribution is -0.124. The van der Waals surface area contributed by atoms with E-state index in [0.29, 0.717) is 29.3 Å². The normalized spacial score (nSPS) is 15.2. The number of nitrogens with one attached hydrogen (secondary N) is 1. The molecule has 4 rings (SSSR count). The molecule has 1 aliphatic rings. The summed E-state index contributed by atoms with van der Waals surface area (Å²) in [5.74, 6) is 0.433. The molecule has 0 aromatic heterocycles. The molecule has 1 unspecified atom stereocenters. The Labute approximate surface area is 210 Å². The van der Waals surface area contributed by atoms with E-state index in [0.717, 1.165) is 16.0 Å². The number of imide groups is 1. The number of amides is 4. The van der Waals surface area contributed by atoms with Crippen LogP contribution in [0.3, 0.4) is 0 Å². The largest absolute Gasteiger partial charge is 0.493 e. The highest BCUT2D eigenvalue weighted by atomic mass is 16.5. The van der Waals surface area contributed by atoms with Gasteiger partial charge in [0.1, 0.15) is 6.04 Å². The second-order valence-corrected chi connectivity index (χ2v) is 8.56. The molecule has 0 spiro atoms. The molecule has 0 saturated carbocycles. The molecule has 0 bridgehead atoms. The minimum absolute atomic E-state index is 0.145. The fraction of sp³-hybridized carbons (Fsp3) is 0.250. The summed E-state index contributed by atoms with van der Waals surface area (Å²) >= 11 is 0. The van der Waals surface area contributed by atoms with Gasteiger partial charge in [-0.25, -0.2) is 9.69 Å². The van der Waals surface area contributed by atoms with Crippen LogP contribution in [0.4, 0.5) is 16.2 Å². The summed E-state index contributed by atoms with van der Waals surface area (Å²) in [6, 6.07) is 20.4. The summed E-state index contributed by atoms with van der Waals surface area (Å²) < 4.78 is 10.7. The van der Waals surface area contributed by atoms with Crippen LogP contribution in [0.5, 0.6) is 11.5 Å². The molecule has 1 saturated heterocycles. The molecule has 4 amide bonds. The van der Waals surface area contributed by atoms with Crippen LogP contribution in [0.15, 0.2) is 72.8 Å². The molecule has 3 aromatic carbocycles. The average molecular weight is 488 g/mol. The van der Waals surface area contributed by atoms with Gasteiger partial charge in [0.25, 0.3) is 5.91 Å². The van der Waals surface area contributed by atoms with Crippen molar-refractivity contribution >= 4 is 29.2 Å². The zero-order valence-corrected chi connectivity index (χ0v) is 20.6. The van der Waals surface area contributed by atoms with Crippen LogP contribution < -0.4 is 19.7 Å². The molecule has 1 aliphatic heterocycles. The lowest BCUT2D eigenvalue weighted by Gasteiger charge is -2.22. The Morgan fingerprint density at radius 2 is 1.61 bits per heavy atom. The molecule has 1 heterocycles. The topological polar surface area (TPSA) is 88.2 Å². The zero-order valence-electron chi connectivity index (χ0n) is 20.6. The molecule has 3 aromatic rings. The van der Waals surface area contributed by atoms with E-state index in [1.54, 1.807) is 44.6 Å². The maximum atomic E-state index is 13.5. The number of ether oxygens (including phenoxy) is 2. The number of urea groups is 1. The molecular weight excluding hydrogens is 458 g/mol. The predicted octanol–water partition coefficient (Wildman–Crippen LogP) is 4.42. The molecule has 36 heavy (non-hydrogen) atoms. The summed E-state index contributed by atoms with van der Waals surface area (Å²) in [7, 11) is 3.13. The third-order valence-electron chi connectivity index (χ3n) is 6.14. The molecule has 8 nitrogen and oxygen atoms in total. The van der Waals surface area contributed by atoms with Gasteiger partial charge in [-0.05, 0) is 55.3 Å². The van der Waals surface area contributed by atoms with Crippen molar-refractivity contribution in [3.8, 4) is 11.5 Å². The van der Waals surface area contributed by atoms with Crippen molar-refractivity contribution in [3.63, 3.8) is 0 Å². The van der Waals surface area contributed by atoms with Gasteiger partial charge in [0.15, 0.2) is 11.5 Å². The molecule has 186 valence electrons. The number of hydrogen-bond donors (Lipinski definition) is 1. The van der Waals surface area contributed by atoms with Crippen LogP contribution in [0.2, 0.25) is 0 Å². The number of aryl methyl sites for hydroxylation is 1. The third-order valence-corrected chi connectivity index (χ3v) is 6.14. The first-order valence-corrected chi connectivity index (χ1v) is 11.7. The molecule has 0 aliphatic carbocycles. The monoisotopic (exact) mass is 487 g/mol. The van der Waals surface area contributed by atoms with Gasteiger partial charge in [-0.1, -0.05) is 42.0 Å². The van der Waals surface area contributed by atoms with Gasteiger partial charge in [0.05, 0.1) is 26.3 Å². The molecule has 1 N–H and O–H groups in total. The van der Waals surface area contributed by atoms with Crippen molar-refractivity contribution in [1.82, 2.24) is 4.90 Å². The summed E-state index contributed by atoms with van der Waals surface area (Å²) in [6.45, 7) is 2.19. The molecular formula is C28H29N3O5. The lowest BCUT2D eigenvalue weighted by atomic mass is 10.1. The van der Waals surface area contributed by atoms with Crippen LogP contribution in [-0.4, -0.2) is 49.6 Å². The van der Waals surface area contributed by atoms with Crippen molar-refractivity contribution in [1.29, 1.82) is 0 Å². The van der Waals surface area contributed by atoms with Crippen LogP contribution >= 0.6 is 0 Å². The molecule has 1 fully saturated rings. The van der Waals surface area contributed by atoms with Crippen molar-refractivity contribution in [3.05, 3.63) is 83.9 Å². The zero-order chi connectivity index (χ0) is 25.7. The van der Waals surface area contributed by atoms with Crippen LogP contribution in [-0.2, 0) is 16.0 Å². The van der Waals surface area contributed by atoms with Gasteiger partial charge in [0.2, 0.25) is 5.91 Å². The van der Waals surface area contributed by atoms with Gasteiger partial charge in [-0.3, -0.25) is 9.59 Å². The van der Waals surface area contributed by atoms with Crippen molar-refractivity contribution < 1.29 is 23.9 Å². The summed E-state index contributed by atoms with van der Waals surface area (Å²) in [4.78, 5) is 42.4. The van der Waals surface area contributed by atoms with Crippen molar-refractivity contribution in [2.24, 2.45) is 0 Å². The fourth-order valence-electron chi connectivity index (χ4n) is 4.21. The molecule has 0 radical (unpaired) electrons. The van der Waals surface area contributed by atoms with Crippen LogP contribution in [0.1, 0.15) is 17.5 Å². The van der Waals surface area contributed by atoms with Crippen LogP contribution in [0, 0.1) is 6.92 Å². The summed E-state index contributed by atoms with van der Waals surface area (Å²) in [6.07, 6.45) is 0.325. The summed E-state index contributed by atoms with van der Waals surface area (Å²) in [5.41, 5.74) is 3.04. The second kappa shape index (κ2) is 10.9. The molecule has 1 atom stereocenters. The Morgan fingerprint density at radius 1 is 0.917 bits per heavy atom. The van der Waals surface area contributed by atoms with Gasteiger partial charge < -0.3 is 19.7 Å². The summed E-state index contributed by atoms with van der Waals surface area (Å²) in [5, 5.41) is 2.81. The number of rotatable bonds is 9. The Bertz CT molecular complexity index is 1240. The van der Waals surface area contributed by atoms with Gasteiger partial charge in [0, 0.05) is 12.2 Å². The van der Waals surface area contributed by atoms with E-state index in [4.69, 9.17) is 9.47 Å². The SMILES string of the molecule is COc1ccc(CCN2C(=O)N(c3ccc(C)cc3)C(=O)C2CC(=O)Nc2ccccc2)cc1OC. The number of methoxy groups -OCH3 is 2. The number of benzene rings is 3. The minimum Gasteiger partial charge on any atom is -0.493 e. The minimum atomic E-state index is -0.914. The predicted molar refractivity (Wildman–Crippen MR) is 137 cm³/mol. The van der Waals surface area contributed by atoms with E-state index >= 15 is 0 Å². The highest BCUT2D eigenvalue weighted by Crippen LogP contribution is 2.30. The van der Waals surface area contributed by atoms with Crippen LogP contribution in [0.25, 0.3) is 0 Å². The standard InChI is InChI=1S/C28H29N3O5/c1-19-9-12-22(13-10-19)31-27(33)23(18-26(32)29-21-7-5-4-6-8-21)30(28(31)34)16-15-20-11-14-24(35-2)25(17-20)36-3/h4-14,17,23H,15-16,18H2,1-3H3,(H,29,32). The Kier molecular flexibility index (Phi) is 7.53. The number of carbonyl (C=O) groups is 3. The van der Waals surface area contributed by atoms with E-state index in [9.17, 15) is 14.4 Å². The Hall–Kier alpha value is -4.33. The molecule has 8 heteroatoms. The first-order chi connectivity index (χ1) is 17.4. The fourth-order valence-corrected chi connectivity index (χ4v) is 4.21. The number of hydrogen-bond acceptors (Lipinski definition) is 5. The smallest absolute Gasteiger partial charge is 0.332 e. The number of para-hydroxylation sites is 1. The first-order valence-electron chi connectivity index (χ1n) is 11.7. The van der Waals surface area contributed by atoms with Gasteiger partial charge >= 0.3 is 6.03 Å². The quantitative estimate of drug-likeness (QED) is 0.452. The van der Waals surface area contributed by atoms with Crippen molar-refractivity contribution in [2.45, 2.75) is 25.8 Å². The maximum absolute atomic E-state index is 13.5. The van der Waals surface area contributed by atoms with E-state index in [-0.39, 0.29) is 18.9 Å². The first kappa shape index (κ1) is 24.8. The highest BCUT2D eigenvalue weighted by molar-refractivity contribution is 6.22. The Balaban J connectivity index is 1.56. The highest BCUT2D eigenvalue weighted by Gasteiger charge is 2.46. The van der Waals surface area contributed by atoms with E-state index in [2.05, 4.69) is 5.32 Å². The van der Waals surface area contributed by atoms with Gasteiger partial charge in [-0.15, -0.1) is 0 Å².